The van der Waals surface area contributed by atoms with E-state index in [-0.39, 0.29) is 12.1 Å². The van der Waals surface area contributed by atoms with Crippen molar-refractivity contribution < 1.29 is 19.6 Å². The molecule has 21 heavy (non-hydrogen) atoms. The number of benzene rings is 2. The number of ether oxygens (including phenoxy) is 1. The Kier molecular flexibility index (Phi) is 4.18. The van der Waals surface area contributed by atoms with Crippen molar-refractivity contribution in [3.63, 3.8) is 0 Å². The van der Waals surface area contributed by atoms with Gasteiger partial charge in [0.05, 0.1) is 17.4 Å². The monoisotopic (exact) mass is 287 g/mol. The van der Waals surface area contributed by atoms with Crippen LogP contribution in [0.2, 0.25) is 0 Å². The lowest BCUT2D eigenvalue weighted by atomic mass is 10.1. The Morgan fingerprint density at radius 3 is 2.67 bits per heavy atom. The molecule has 0 fully saturated rings. The number of nitrogens with zero attached hydrogens (tertiary/aromatic N) is 1. The number of nitro benzene ring substituents is 1. The molecular formula is C15H13NO5. The van der Waals surface area contributed by atoms with Crippen LogP contribution >= 0.6 is 0 Å². The van der Waals surface area contributed by atoms with Gasteiger partial charge in [0.2, 0.25) is 0 Å². The summed E-state index contributed by atoms with van der Waals surface area (Å²) in [6, 6.07) is 11.1. The summed E-state index contributed by atoms with van der Waals surface area (Å²) in [5.74, 6) is -0.152. The van der Waals surface area contributed by atoms with E-state index in [2.05, 4.69) is 0 Å². The number of carbonyl (C=O) groups is 1. The predicted molar refractivity (Wildman–Crippen MR) is 75.7 cm³/mol. The normalized spacial score (nSPS) is 10.1. The van der Waals surface area contributed by atoms with Gasteiger partial charge < -0.3 is 9.84 Å². The molecule has 2 aromatic rings. The molecule has 0 heterocycles. The van der Waals surface area contributed by atoms with E-state index in [1.54, 1.807) is 37.3 Å². The first-order chi connectivity index (χ1) is 9.94. The van der Waals surface area contributed by atoms with Gasteiger partial charge in [-0.2, -0.15) is 0 Å². The van der Waals surface area contributed by atoms with Crippen LogP contribution < -0.4 is 4.74 Å². The predicted octanol–water partition coefficient (Wildman–Crippen LogP) is 3.32. The Morgan fingerprint density at radius 1 is 1.24 bits per heavy atom. The number of aliphatic carboxylic acids is 1. The lowest BCUT2D eigenvalue weighted by Crippen LogP contribution is -1.99. The van der Waals surface area contributed by atoms with Gasteiger partial charge in [0, 0.05) is 6.07 Å². The number of aryl methyl sites for hydroxylation is 1. The average molecular weight is 287 g/mol. The highest BCUT2D eigenvalue weighted by Gasteiger charge is 2.10. The third-order valence-corrected chi connectivity index (χ3v) is 2.74. The first kappa shape index (κ1) is 14.5. The number of non-ortho nitro benzene ring substituents is 1. The molecule has 1 N–H and O–H groups in total. The van der Waals surface area contributed by atoms with Crippen molar-refractivity contribution in [2.45, 2.75) is 13.3 Å². The Hall–Kier alpha value is -2.89. The SMILES string of the molecule is Cc1cc(Oc2cccc(CC(=O)O)c2)cc([N+](=O)[O-])c1. The summed E-state index contributed by atoms with van der Waals surface area (Å²) in [7, 11) is 0. The molecule has 6 nitrogen and oxygen atoms in total. The number of carboxylic acids is 1. The summed E-state index contributed by atoms with van der Waals surface area (Å²) in [6.45, 7) is 1.74. The standard InChI is InChI=1S/C15H13NO5/c1-10-5-12(16(19)20)9-14(6-10)21-13-4-2-3-11(7-13)8-15(17)18/h2-7,9H,8H2,1H3,(H,17,18). The lowest BCUT2D eigenvalue weighted by Gasteiger charge is -2.08. The van der Waals surface area contributed by atoms with Crippen LogP contribution in [-0.2, 0) is 11.2 Å². The topological polar surface area (TPSA) is 89.7 Å². The zero-order valence-corrected chi connectivity index (χ0v) is 11.3. The van der Waals surface area contributed by atoms with Crippen molar-refractivity contribution in [3.8, 4) is 11.5 Å². The fraction of sp³-hybridized carbons (Fsp3) is 0.133. The fourth-order valence-electron chi connectivity index (χ4n) is 1.92. The lowest BCUT2D eigenvalue weighted by molar-refractivity contribution is -0.385. The van der Waals surface area contributed by atoms with Gasteiger partial charge in [0.1, 0.15) is 11.5 Å². The van der Waals surface area contributed by atoms with E-state index in [0.717, 1.165) is 0 Å². The third kappa shape index (κ3) is 4.04. The van der Waals surface area contributed by atoms with E-state index in [4.69, 9.17) is 9.84 Å². The van der Waals surface area contributed by atoms with E-state index in [0.29, 0.717) is 22.6 Å². The molecule has 6 heteroatoms. The molecule has 0 aliphatic carbocycles. The van der Waals surface area contributed by atoms with Crippen LogP contribution in [0.5, 0.6) is 11.5 Å². The summed E-state index contributed by atoms with van der Waals surface area (Å²) >= 11 is 0. The van der Waals surface area contributed by atoms with Crippen LogP contribution in [0.25, 0.3) is 0 Å². The first-order valence-electron chi connectivity index (χ1n) is 6.19. The Labute approximate surface area is 120 Å². The molecule has 0 saturated heterocycles. The maximum Gasteiger partial charge on any atom is 0.307 e. The minimum atomic E-state index is -0.932. The summed E-state index contributed by atoms with van der Waals surface area (Å²) in [6.07, 6.45) is -0.106. The highest BCUT2D eigenvalue weighted by Crippen LogP contribution is 2.27. The van der Waals surface area contributed by atoms with Gasteiger partial charge >= 0.3 is 5.97 Å². The van der Waals surface area contributed by atoms with E-state index < -0.39 is 10.9 Å². The minimum Gasteiger partial charge on any atom is -0.481 e. The number of rotatable bonds is 5. The van der Waals surface area contributed by atoms with Crippen molar-refractivity contribution in [2.24, 2.45) is 0 Å². The van der Waals surface area contributed by atoms with Gasteiger partial charge in [-0.25, -0.2) is 0 Å². The van der Waals surface area contributed by atoms with Gasteiger partial charge in [0.25, 0.3) is 5.69 Å². The maximum absolute atomic E-state index is 10.8. The molecule has 0 aliphatic rings. The number of hydrogen-bond donors (Lipinski definition) is 1. The second-order valence-corrected chi connectivity index (χ2v) is 4.58. The maximum atomic E-state index is 10.8. The largest absolute Gasteiger partial charge is 0.481 e. The molecule has 0 spiro atoms. The fourth-order valence-corrected chi connectivity index (χ4v) is 1.92. The Balaban J connectivity index is 2.25. The van der Waals surface area contributed by atoms with Gasteiger partial charge in [-0.3, -0.25) is 14.9 Å². The van der Waals surface area contributed by atoms with Crippen molar-refractivity contribution >= 4 is 11.7 Å². The van der Waals surface area contributed by atoms with Crippen molar-refractivity contribution in [3.05, 3.63) is 63.7 Å². The van der Waals surface area contributed by atoms with Crippen molar-refractivity contribution in [1.82, 2.24) is 0 Å². The molecule has 0 bridgehead atoms. The summed E-state index contributed by atoms with van der Waals surface area (Å²) < 4.78 is 5.57. The Bertz CT molecular complexity index is 696. The van der Waals surface area contributed by atoms with Crippen LogP contribution in [0.3, 0.4) is 0 Å². The second-order valence-electron chi connectivity index (χ2n) is 4.58. The zero-order chi connectivity index (χ0) is 15.4. The molecular weight excluding hydrogens is 274 g/mol. The quantitative estimate of drug-likeness (QED) is 0.673. The van der Waals surface area contributed by atoms with Gasteiger partial charge in [-0.15, -0.1) is 0 Å². The number of carboxylic acid groups (broad SMARTS) is 1. The zero-order valence-electron chi connectivity index (χ0n) is 11.3. The number of nitro groups is 1. The van der Waals surface area contributed by atoms with Crippen LogP contribution in [0, 0.1) is 17.0 Å². The molecule has 2 aromatic carbocycles. The Morgan fingerprint density at radius 2 is 2.00 bits per heavy atom. The van der Waals surface area contributed by atoms with E-state index in [1.807, 2.05) is 0 Å². The molecule has 0 atom stereocenters. The summed E-state index contributed by atoms with van der Waals surface area (Å²) in [4.78, 5) is 21.0. The molecule has 0 unspecified atom stereocenters. The summed E-state index contributed by atoms with van der Waals surface area (Å²) in [5.41, 5.74) is 1.26. The molecule has 0 saturated carbocycles. The van der Waals surface area contributed by atoms with Crippen molar-refractivity contribution in [2.75, 3.05) is 0 Å². The highest BCUT2D eigenvalue weighted by molar-refractivity contribution is 5.70. The highest BCUT2D eigenvalue weighted by atomic mass is 16.6. The average Bonchev–Trinajstić information content (AvgIpc) is 2.37. The molecule has 2 rings (SSSR count). The number of hydrogen-bond acceptors (Lipinski definition) is 4. The van der Waals surface area contributed by atoms with Crippen molar-refractivity contribution in [1.29, 1.82) is 0 Å². The van der Waals surface area contributed by atoms with Crippen LogP contribution in [0.1, 0.15) is 11.1 Å². The van der Waals surface area contributed by atoms with E-state index >= 15 is 0 Å². The molecule has 0 aliphatic heterocycles. The van der Waals surface area contributed by atoms with Gasteiger partial charge in [-0.1, -0.05) is 12.1 Å². The first-order valence-corrected chi connectivity index (χ1v) is 6.19. The van der Waals surface area contributed by atoms with Crippen LogP contribution in [-0.4, -0.2) is 16.0 Å². The van der Waals surface area contributed by atoms with Gasteiger partial charge in [-0.05, 0) is 36.2 Å². The van der Waals surface area contributed by atoms with E-state index in [9.17, 15) is 14.9 Å². The summed E-state index contributed by atoms with van der Waals surface area (Å²) in [5, 5.41) is 19.6. The molecule has 108 valence electrons. The minimum absolute atomic E-state index is 0.0494. The second kappa shape index (κ2) is 6.04. The third-order valence-electron chi connectivity index (χ3n) is 2.74. The smallest absolute Gasteiger partial charge is 0.307 e. The van der Waals surface area contributed by atoms with Crippen LogP contribution in [0.4, 0.5) is 5.69 Å². The molecule has 0 amide bonds. The van der Waals surface area contributed by atoms with Gasteiger partial charge in [0.15, 0.2) is 0 Å². The van der Waals surface area contributed by atoms with E-state index in [1.165, 1.54) is 12.1 Å². The molecule has 0 radical (unpaired) electrons. The van der Waals surface area contributed by atoms with Crippen LogP contribution in [0.15, 0.2) is 42.5 Å². The molecule has 0 aromatic heterocycles.